The lowest BCUT2D eigenvalue weighted by atomic mass is 10.1. The highest BCUT2D eigenvalue weighted by Crippen LogP contribution is 2.33. The molecule has 2 aromatic heterocycles. The molecule has 0 radical (unpaired) electrons. The van der Waals surface area contributed by atoms with Gasteiger partial charge in [0.1, 0.15) is 5.75 Å². The van der Waals surface area contributed by atoms with Gasteiger partial charge in [0.05, 0.1) is 11.3 Å². The van der Waals surface area contributed by atoms with Gasteiger partial charge in [-0.2, -0.15) is 4.98 Å². The number of phenols is 1. The molecule has 4 aromatic rings. The zero-order chi connectivity index (χ0) is 18.6. The number of pyridine rings is 1. The molecule has 0 unspecified atom stereocenters. The van der Waals surface area contributed by atoms with Crippen molar-refractivity contribution in [2.75, 3.05) is 11.1 Å². The summed E-state index contributed by atoms with van der Waals surface area (Å²) < 4.78 is 5.65. The van der Waals surface area contributed by atoms with E-state index in [2.05, 4.69) is 15.3 Å². The fourth-order valence-electron chi connectivity index (χ4n) is 2.53. The second-order valence-corrected chi connectivity index (χ2v) is 6.77. The van der Waals surface area contributed by atoms with E-state index in [1.807, 2.05) is 30.3 Å². The van der Waals surface area contributed by atoms with Crippen LogP contribution < -0.4 is 5.32 Å². The van der Waals surface area contributed by atoms with Gasteiger partial charge in [-0.1, -0.05) is 18.2 Å². The number of fused-ring (bicyclic) bond motifs is 1. The van der Waals surface area contributed by atoms with E-state index in [0.29, 0.717) is 22.5 Å². The third-order valence-electron chi connectivity index (χ3n) is 3.79. The lowest BCUT2D eigenvalue weighted by molar-refractivity contribution is -0.113. The summed E-state index contributed by atoms with van der Waals surface area (Å²) in [6, 6.07) is 18.0. The van der Waals surface area contributed by atoms with Gasteiger partial charge in [0.2, 0.25) is 11.8 Å². The molecule has 4 rings (SSSR count). The third kappa shape index (κ3) is 3.93. The molecule has 7 heteroatoms. The molecular weight excluding hydrogens is 362 g/mol. The van der Waals surface area contributed by atoms with Crippen LogP contribution in [0.2, 0.25) is 0 Å². The standard InChI is InChI=1S/C20H15N3O3S/c24-16-9-8-13(22-18(25)12-27-14-5-2-1-3-6-14)11-15(16)20-23-19-17(26-20)7-4-10-21-19/h1-11,24H,12H2,(H,22,25). The Morgan fingerprint density at radius 1 is 1.11 bits per heavy atom. The number of carbonyl (C=O) groups is 1. The lowest BCUT2D eigenvalue weighted by Crippen LogP contribution is -2.13. The highest BCUT2D eigenvalue weighted by Gasteiger charge is 2.14. The summed E-state index contributed by atoms with van der Waals surface area (Å²) in [7, 11) is 0. The van der Waals surface area contributed by atoms with Crippen molar-refractivity contribution in [1.82, 2.24) is 9.97 Å². The van der Waals surface area contributed by atoms with Crippen LogP contribution in [0.1, 0.15) is 0 Å². The van der Waals surface area contributed by atoms with E-state index in [1.54, 1.807) is 30.5 Å². The van der Waals surface area contributed by atoms with E-state index in [0.717, 1.165) is 4.90 Å². The van der Waals surface area contributed by atoms with Crippen LogP contribution in [-0.4, -0.2) is 26.7 Å². The molecule has 2 heterocycles. The Morgan fingerprint density at radius 3 is 2.78 bits per heavy atom. The van der Waals surface area contributed by atoms with Gasteiger partial charge in [-0.05, 0) is 42.5 Å². The number of rotatable bonds is 5. The largest absolute Gasteiger partial charge is 0.507 e. The molecule has 6 nitrogen and oxygen atoms in total. The number of carbonyl (C=O) groups excluding carboxylic acids is 1. The zero-order valence-corrected chi connectivity index (χ0v) is 14.9. The first kappa shape index (κ1) is 17.1. The summed E-state index contributed by atoms with van der Waals surface area (Å²) >= 11 is 1.45. The second kappa shape index (κ2) is 7.51. The van der Waals surface area contributed by atoms with Gasteiger partial charge < -0.3 is 14.8 Å². The molecule has 0 atom stereocenters. The summed E-state index contributed by atoms with van der Waals surface area (Å²) in [5, 5.41) is 13.0. The molecule has 1 amide bonds. The molecule has 0 aliphatic rings. The number of hydrogen-bond acceptors (Lipinski definition) is 6. The average molecular weight is 377 g/mol. The number of thioether (sulfide) groups is 1. The Hall–Kier alpha value is -3.32. The fourth-order valence-corrected chi connectivity index (χ4v) is 3.25. The molecule has 27 heavy (non-hydrogen) atoms. The Balaban J connectivity index is 1.51. The van der Waals surface area contributed by atoms with Gasteiger partial charge >= 0.3 is 0 Å². The van der Waals surface area contributed by atoms with Crippen LogP contribution in [0.4, 0.5) is 5.69 Å². The Morgan fingerprint density at radius 2 is 1.96 bits per heavy atom. The summed E-state index contributed by atoms with van der Waals surface area (Å²) in [4.78, 5) is 21.6. The molecule has 0 saturated carbocycles. The average Bonchev–Trinajstić information content (AvgIpc) is 3.13. The van der Waals surface area contributed by atoms with E-state index in [9.17, 15) is 9.90 Å². The molecule has 0 aliphatic carbocycles. The first-order chi connectivity index (χ1) is 13.2. The molecule has 0 bridgehead atoms. The normalized spacial score (nSPS) is 10.8. The number of hydrogen-bond donors (Lipinski definition) is 2. The smallest absolute Gasteiger partial charge is 0.234 e. The van der Waals surface area contributed by atoms with E-state index < -0.39 is 0 Å². The van der Waals surface area contributed by atoms with Crippen LogP contribution in [0.3, 0.4) is 0 Å². The van der Waals surface area contributed by atoms with Crippen molar-refractivity contribution in [1.29, 1.82) is 0 Å². The summed E-state index contributed by atoms with van der Waals surface area (Å²) in [6.45, 7) is 0. The van der Waals surface area contributed by atoms with E-state index >= 15 is 0 Å². The van der Waals surface area contributed by atoms with E-state index in [1.165, 1.54) is 17.8 Å². The quantitative estimate of drug-likeness (QED) is 0.398. The maximum atomic E-state index is 12.2. The molecule has 0 spiro atoms. The number of nitrogens with zero attached hydrogens (tertiary/aromatic N) is 2. The maximum Gasteiger partial charge on any atom is 0.234 e. The van der Waals surface area contributed by atoms with Gasteiger partial charge in [0.25, 0.3) is 0 Å². The molecule has 2 aromatic carbocycles. The maximum absolute atomic E-state index is 12.2. The van der Waals surface area contributed by atoms with Crippen LogP contribution >= 0.6 is 11.8 Å². The van der Waals surface area contributed by atoms with Gasteiger partial charge in [0.15, 0.2) is 11.2 Å². The first-order valence-corrected chi connectivity index (χ1v) is 9.20. The molecule has 0 saturated heterocycles. The van der Waals surface area contributed by atoms with Crippen molar-refractivity contribution in [2.24, 2.45) is 0 Å². The van der Waals surface area contributed by atoms with Crippen molar-refractivity contribution in [3.05, 3.63) is 66.9 Å². The summed E-state index contributed by atoms with van der Waals surface area (Å²) in [6.07, 6.45) is 1.62. The molecule has 0 fully saturated rings. The number of phenolic OH excluding ortho intramolecular Hbond substituents is 1. The van der Waals surface area contributed by atoms with Crippen molar-refractivity contribution in [2.45, 2.75) is 4.90 Å². The van der Waals surface area contributed by atoms with E-state index in [4.69, 9.17) is 4.42 Å². The van der Waals surface area contributed by atoms with Gasteiger partial charge in [-0.15, -0.1) is 11.8 Å². The molecule has 0 aliphatic heterocycles. The molecular formula is C20H15N3O3S. The number of nitrogens with one attached hydrogen (secondary N) is 1. The Kier molecular flexibility index (Phi) is 4.76. The Labute approximate surface area is 159 Å². The SMILES string of the molecule is O=C(CSc1ccccc1)Nc1ccc(O)c(-c2nc3ncccc3o2)c1. The second-order valence-electron chi connectivity index (χ2n) is 5.73. The minimum atomic E-state index is -0.139. The molecule has 2 N–H and O–H groups in total. The van der Waals surface area contributed by atoms with Crippen LogP contribution in [0.25, 0.3) is 22.7 Å². The fraction of sp³-hybridized carbons (Fsp3) is 0.0500. The highest BCUT2D eigenvalue weighted by atomic mass is 32.2. The Bertz CT molecular complexity index is 1060. The van der Waals surface area contributed by atoms with E-state index in [-0.39, 0.29) is 23.3 Å². The number of amides is 1. The van der Waals surface area contributed by atoms with Crippen molar-refractivity contribution >= 4 is 34.6 Å². The summed E-state index contributed by atoms with van der Waals surface area (Å²) in [5.74, 6) is 0.404. The number of aromatic hydroxyl groups is 1. The van der Waals surface area contributed by atoms with Crippen molar-refractivity contribution in [3.63, 3.8) is 0 Å². The highest BCUT2D eigenvalue weighted by molar-refractivity contribution is 8.00. The third-order valence-corrected chi connectivity index (χ3v) is 4.80. The van der Waals surface area contributed by atoms with Crippen molar-refractivity contribution < 1.29 is 14.3 Å². The zero-order valence-electron chi connectivity index (χ0n) is 14.1. The predicted octanol–water partition coefficient (Wildman–Crippen LogP) is 4.33. The number of benzene rings is 2. The van der Waals surface area contributed by atoms with Gasteiger partial charge in [0, 0.05) is 16.8 Å². The first-order valence-electron chi connectivity index (χ1n) is 8.22. The van der Waals surface area contributed by atoms with Crippen LogP contribution in [0.5, 0.6) is 5.75 Å². The number of oxazole rings is 1. The van der Waals surface area contributed by atoms with Gasteiger partial charge in [-0.3, -0.25) is 4.79 Å². The minimum Gasteiger partial charge on any atom is -0.507 e. The van der Waals surface area contributed by atoms with Crippen LogP contribution in [-0.2, 0) is 4.79 Å². The molecule has 134 valence electrons. The predicted molar refractivity (Wildman–Crippen MR) is 105 cm³/mol. The van der Waals surface area contributed by atoms with Crippen LogP contribution in [0, 0.1) is 0 Å². The summed E-state index contributed by atoms with van der Waals surface area (Å²) in [5.41, 5.74) is 1.93. The van der Waals surface area contributed by atoms with Crippen LogP contribution in [0.15, 0.2) is 76.2 Å². The number of aromatic nitrogens is 2. The van der Waals surface area contributed by atoms with Gasteiger partial charge in [-0.25, -0.2) is 4.98 Å². The number of anilines is 1. The van der Waals surface area contributed by atoms with Crippen molar-refractivity contribution in [3.8, 4) is 17.2 Å². The topological polar surface area (TPSA) is 88.2 Å². The lowest BCUT2D eigenvalue weighted by Gasteiger charge is -2.07. The minimum absolute atomic E-state index is 0.0122. The monoisotopic (exact) mass is 377 g/mol.